The molecule has 1 amide bonds. The second kappa shape index (κ2) is 3.78. The number of hydrogen-bond acceptors (Lipinski definition) is 2. The minimum absolute atomic E-state index is 0.113. The molecule has 2 aliphatic rings. The van der Waals surface area contributed by atoms with Crippen molar-refractivity contribution in [3.63, 3.8) is 0 Å². The van der Waals surface area contributed by atoms with Crippen molar-refractivity contribution in [1.82, 2.24) is 10.2 Å². The van der Waals surface area contributed by atoms with Crippen LogP contribution in [0.4, 0.5) is 0 Å². The first kappa shape index (κ1) is 10.9. The van der Waals surface area contributed by atoms with Crippen LogP contribution in [0.15, 0.2) is 0 Å². The van der Waals surface area contributed by atoms with Gasteiger partial charge in [-0.05, 0) is 24.3 Å². The van der Waals surface area contributed by atoms with E-state index in [9.17, 15) is 4.79 Å². The van der Waals surface area contributed by atoms with Crippen molar-refractivity contribution in [2.24, 2.45) is 11.3 Å². The number of likely N-dealkylation sites (tertiary alicyclic amines) is 1. The van der Waals surface area contributed by atoms with Crippen LogP contribution in [0.2, 0.25) is 0 Å². The number of carbonyl (C=O) groups excluding carboxylic acids is 1. The van der Waals surface area contributed by atoms with Gasteiger partial charge in [0, 0.05) is 25.6 Å². The zero-order valence-corrected chi connectivity index (χ0v) is 10.0. The first-order chi connectivity index (χ1) is 6.96. The maximum atomic E-state index is 12.0. The standard InChI is InChI=1S/C12H22N2O/c1-12(2,3)6-11(15)14-7-9-4-5-13-10(9)8-14/h9-10,13H,4-8H2,1-3H3/t9-,10+/m1/s1. The Morgan fingerprint density at radius 1 is 1.40 bits per heavy atom. The Morgan fingerprint density at radius 3 is 2.73 bits per heavy atom. The molecule has 2 atom stereocenters. The van der Waals surface area contributed by atoms with Crippen LogP contribution in [0, 0.1) is 11.3 Å². The van der Waals surface area contributed by atoms with Crippen molar-refractivity contribution in [3.05, 3.63) is 0 Å². The van der Waals surface area contributed by atoms with Crippen molar-refractivity contribution in [3.8, 4) is 0 Å². The summed E-state index contributed by atoms with van der Waals surface area (Å²) in [6.45, 7) is 9.42. The molecule has 2 heterocycles. The Kier molecular flexibility index (Phi) is 2.75. The second-order valence-corrected chi connectivity index (χ2v) is 6.15. The molecule has 2 aliphatic heterocycles. The van der Waals surface area contributed by atoms with Gasteiger partial charge >= 0.3 is 0 Å². The molecule has 0 spiro atoms. The van der Waals surface area contributed by atoms with Gasteiger partial charge < -0.3 is 10.2 Å². The van der Waals surface area contributed by atoms with E-state index in [2.05, 4.69) is 26.1 Å². The molecule has 0 saturated carbocycles. The van der Waals surface area contributed by atoms with Crippen LogP contribution < -0.4 is 5.32 Å². The van der Waals surface area contributed by atoms with Crippen LogP contribution >= 0.6 is 0 Å². The zero-order valence-electron chi connectivity index (χ0n) is 10.0. The molecular weight excluding hydrogens is 188 g/mol. The molecule has 3 nitrogen and oxygen atoms in total. The third-order valence-electron chi connectivity index (χ3n) is 3.40. The van der Waals surface area contributed by atoms with Crippen molar-refractivity contribution in [2.45, 2.75) is 39.7 Å². The van der Waals surface area contributed by atoms with Gasteiger partial charge in [-0.15, -0.1) is 0 Å². The average Bonchev–Trinajstić information content (AvgIpc) is 2.56. The van der Waals surface area contributed by atoms with Gasteiger partial charge in [-0.25, -0.2) is 0 Å². The van der Waals surface area contributed by atoms with E-state index in [1.165, 1.54) is 6.42 Å². The second-order valence-electron chi connectivity index (χ2n) is 6.15. The highest BCUT2D eigenvalue weighted by Crippen LogP contribution is 2.27. The molecule has 3 heteroatoms. The topological polar surface area (TPSA) is 32.3 Å². The van der Waals surface area contributed by atoms with Crippen molar-refractivity contribution >= 4 is 5.91 Å². The summed E-state index contributed by atoms with van der Waals surface area (Å²) in [6.07, 6.45) is 1.91. The summed E-state index contributed by atoms with van der Waals surface area (Å²) in [5.41, 5.74) is 0.113. The molecule has 0 aromatic heterocycles. The zero-order chi connectivity index (χ0) is 11.1. The SMILES string of the molecule is CC(C)(C)CC(=O)N1C[C@H]2CCN[C@H]2C1. The van der Waals surface area contributed by atoms with Gasteiger partial charge in [0.15, 0.2) is 0 Å². The summed E-state index contributed by atoms with van der Waals surface area (Å²) in [4.78, 5) is 14.0. The Hall–Kier alpha value is -0.570. The molecule has 0 bridgehead atoms. The van der Waals surface area contributed by atoms with Crippen molar-refractivity contribution in [1.29, 1.82) is 0 Å². The lowest BCUT2D eigenvalue weighted by Crippen LogP contribution is -2.35. The molecule has 2 saturated heterocycles. The lowest BCUT2D eigenvalue weighted by molar-refractivity contribution is -0.132. The van der Waals surface area contributed by atoms with Gasteiger partial charge in [0.25, 0.3) is 0 Å². The Morgan fingerprint density at radius 2 is 2.13 bits per heavy atom. The predicted octanol–water partition coefficient (Wildman–Crippen LogP) is 1.24. The van der Waals surface area contributed by atoms with Crippen LogP contribution in [0.25, 0.3) is 0 Å². The van der Waals surface area contributed by atoms with E-state index in [0.717, 1.165) is 19.6 Å². The average molecular weight is 210 g/mol. The smallest absolute Gasteiger partial charge is 0.223 e. The lowest BCUT2D eigenvalue weighted by atomic mass is 9.91. The highest BCUT2D eigenvalue weighted by atomic mass is 16.2. The number of hydrogen-bond donors (Lipinski definition) is 1. The Labute approximate surface area is 92.2 Å². The highest BCUT2D eigenvalue weighted by molar-refractivity contribution is 5.77. The van der Waals surface area contributed by atoms with Crippen LogP contribution in [0.5, 0.6) is 0 Å². The van der Waals surface area contributed by atoms with E-state index in [1.54, 1.807) is 0 Å². The van der Waals surface area contributed by atoms with E-state index >= 15 is 0 Å². The molecular formula is C12H22N2O. The minimum Gasteiger partial charge on any atom is -0.341 e. The quantitative estimate of drug-likeness (QED) is 0.706. The normalized spacial score (nSPS) is 30.7. The summed E-state index contributed by atoms with van der Waals surface area (Å²) >= 11 is 0. The molecule has 0 aromatic rings. The first-order valence-corrected chi connectivity index (χ1v) is 5.97. The highest BCUT2D eigenvalue weighted by Gasteiger charge is 2.38. The van der Waals surface area contributed by atoms with E-state index in [0.29, 0.717) is 24.3 Å². The van der Waals surface area contributed by atoms with E-state index < -0.39 is 0 Å². The van der Waals surface area contributed by atoms with Gasteiger partial charge in [-0.2, -0.15) is 0 Å². The largest absolute Gasteiger partial charge is 0.341 e. The molecule has 86 valence electrons. The van der Waals surface area contributed by atoms with Gasteiger partial charge in [0.1, 0.15) is 0 Å². The van der Waals surface area contributed by atoms with Gasteiger partial charge in [-0.1, -0.05) is 20.8 Å². The van der Waals surface area contributed by atoms with Gasteiger partial charge in [-0.3, -0.25) is 4.79 Å². The predicted molar refractivity (Wildman–Crippen MR) is 60.5 cm³/mol. The molecule has 2 fully saturated rings. The third-order valence-corrected chi connectivity index (χ3v) is 3.40. The Balaban J connectivity index is 1.88. The minimum atomic E-state index is 0.113. The molecule has 0 unspecified atom stereocenters. The van der Waals surface area contributed by atoms with Crippen molar-refractivity contribution < 1.29 is 4.79 Å². The van der Waals surface area contributed by atoms with E-state index in [-0.39, 0.29) is 5.41 Å². The third kappa shape index (κ3) is 2.51. The first-order valence-electron chi connectivity index (χ1n) is 5.97. The fraction of sp³-hybridized carbons (Fsp3) is 0.917. The fourth-order valence-electron chi connectivity index (χ4n) is 2.62. The van der Waals surface area contributed by atoms with Crippen molar-refractivity contribution in [2.75, 3.05) is 19.6 Å². The Bertz CT molecular complexity index is 245. The molecule has 1 N–H and O–H groups in total. The van der Waals surface area contributed by atoms with Gasteiger partial charge in [0.05, 0.1) is 0 Å². The summed E-state index contributed by atoms with van der Waals surface area (Å²) in [5.74, 6) is 1.05. The lowest BCUT2D eigenvalue weighted by Gasteiger charge is -2.23. The maximum Gasteiger partial charge on any atom is 0.223 e. The number of carbonyl (C=O) groups is 1. The van der Waals surface area contributed by atoms with E-state index in [1.807, 2.05) is 4.90 Å². The van der Waals surface area contributed by atoms with Crippen LogP contribution in [0.3, 0.4) is 0 Å². The monoisotopic (exact) mass is 210 g/mol. The van der Waals surface area contributed by atoms with Crippen LogP contribution in [-0.2, 0) is 4.79 Å². The number of fused-ring (bicyclic) bond motifs is 1. The number of nitrogens with one attached hydrogen (secondary N) is 1. The van der Waals surface area contributed by atoms with Crippen LogP contribution in [0.1, 0.15) is 33.6 Å². The molecule has 0 radical (unpaired) electrons. The van der Waals surface area contributed by atoms with E-state index in [4.69, 9.17) is 0 Å². The molecule has 15 heavy (non-hydrogen) atoms. The maximum absolute atomic E-state index is 12.0. The summed E-state index contributed by atoms with van der Waals surface area (Å²) < 4.78 is 0. The summed E-state index contributed by atoms with van der Waals surface area (Å²) in [6, 6.07) is 0.578. The number of amides is 1. The van der Waals surface area contributed by atoms with Gasteiger partial charge in [0.2, 0.25) is 5.91 Å². The number of nitrogens with zero attached hydrogens (tertiary/aromatic N) is 1. The molecule has 0 aromatic carbocycles. The number of rotatable bonds is 1. The fourth-order valence-corrected chi connectivity index (χ4v) is 2.62. The van der Waals surface area contributed by atoms with Crippen LogP contribution in [-0.4, -0.2) is 36.5 Å². The molecule has 2 rings (SSSR count). The summed E-state index contributed by atoms with van der Waals surface area (Å²) in [7, 11) is 0. The summed E-state index contributed by atoms with van der Waals surface area (Å²) in [5, 5.41) is 3.47. The molecule has 0 aliphatic carbocycles.